The van der Waals surface area contributed by atoms with Crippen LogP contribution in [0.1, 0.15) is 23.0 Å². The van der Waals surface area contributed by atoms with Crippen LogP contribution < -0.4 is 5.32 Å². The number of thioether (sulfide) groups is 1. The fraction of sp³-hybridized carbons (Fsp3) is 0.158. The monoisotopic (exact) mass is 433 g/mol. The van der Waals surface area contributed by atoms with Gasteiger partial charge < -0.3 is 15.0 Å². The van der Waals surface area contributed by atoms with Gasteiger partial charge in [0, 0.05) is 17.6 Å². The van der Waals surface area contributed by atoms with Crippen molar-refractivity contribution < 1.29 is 23.9 Å². The van der Waals surface area contributed by atoms with Crippen LogP contribution in [-0.2, 0) is 14.3 Å². The van der Waals surface area contributed by atoms with Gasteiger partial charge in [0.1, 0.15) is 6.54 Å². The number of H-pyrrole nitrogens is 1. The Hall–Kier alpha value is -3.04. The fourth-order valence-electron chi connectivity index (χ4n) is 2.52. The molecule has 8 nitrogen and oxygen atoms in total. The van der Waals surface area contributed by atoms with E-state index in [2.05, 4.69) is 10.3 Å². The van der Waals surface area contributed by atoms with E-state index in [0.717, 1.165) is 16.7 Å². The molecule has 2 N–H and O–H groups in total. The van der Waals surface area contributed by atoms with Crippen molar-refractivity contribution in [2.75, 3.05) is 18.5 Å². The largest absolute Gasteiger partial charge is 0.462 e. The maximum Gasteiger partial charge on any atom is 0.339 e. The van der Waals surface area contributed by atoms with Gasteiger partial charge in [-0.1, -0.05) is 11.6 Å². The Labute approximate surface area is 175 Å². The molecule has 1 aliphatic heterocycles. The number of carbonyl (C=O) groups excluding carboxylic acids is 4. The van der Waals surface area contributed by atoms with Crippen molar-refractivity contribution in [2.24, 2.45) is 0 Å². The molecule has 1 aromatic carbocycles. The maximum absolute atomic E-state index is 12.4. The Morgan fingerprint density at radius 3 is 2.79 bits per heavy atom. The smallest absolute Gasteiger partial charge is 0.339 e. The molecule has 1 aliphatic rings. The van der Waals surface area contributed by atoms with E-state index >= 15 is 0 Å². The summed E-state index contributed by atoms with van der Waals surface area (Å²) < 4.78 is 4.91. The first-order valence-electron chi connectivity index (χ1n) is 8.54. The fourth-order valence-corrected chi connectivity index (χ4v) is 3.55. The van der Waals surface area contributed by atoms with Crippen LogP contribution in [0.15, 0.2) is 41.4 Å². The molecule has 1 saturated heterocycles. The lowest BCUT2D eigenvalue weighted by molar-refractivity contribution is -0.127. The molecule has 0 radical (unpaired) electrons. The molecule has 1 aromatic heterocycles. The van der Waals surface area contributed by atoms with Gasteiger partial charge in [-0.05, 0) is 55.1 Å². The average Bonchev–Trinajstić information content (AvgIpc) is 3.28. The van der Waals surface area contributed by atoms with Gasteiger partial charge >= 0.3 is 5.97 Å². The zero-order chi connectivity index (χ0) is 21.0. The number of rotatable bonds is 6. The Balaban J connectivity index is 1.68. The minimum atomic E-state index is -0.617. The molecule has 3 rings (SSSR count). The first-order chi connectivity index (χ1) is 13.9. The van der Waals surface area contributed by atoms with E-state index in [1.54, 1.807) is 31.3 Å². The Kier molecular flexibility index (Phi) is 6.40. The summed E-state index contributed by atoms with van der Waals surface area (Å²) in [6, 6.07) is 7.84. The topological polar surface area (TPSA) is 109 Å². The van der Waals surface area contributed by atoms with Gasteiger partial charge in [-0.25, -0.2) is 4.79 Å². The van der Waals surface area contributed by atoms with Crippen LogP contribution in [-0.4, -0.2) is 46.1 Å². The lowest BCUT2D eigenvalue weighted by atomic mass is 10.2. The van der Waals surface area contributed by atoms with Crippen molar-refractivity contribution in [2.45, 2.75) is 6.92 Å². The van der Waals surface area contributed by atoms with Crippen LogP contribution in [0, 0.1) is 0 Å². The summed E-state index contributed by atoms with van der Waals surface area (Å²) in [5.41, 5.74) is 1.07. The normalized spacial score (nSPS) is 15.1. The van der Waals surface area contributed by atoms with E-state index in [4.69, 9.17) is 16.3 Å². The zero-order valence-corrected chi connectivity index (χ0v) is 16.8. The molecular formula is C19H16ClN3O5S. The highest BCUT2D eigenvalue weighted by molar-refractivity contribution is 8.18. The predicted octanol–water partition coefficient (Wildman–Crippen LogP) is 3.52. The molecule has 2 aromatic rings. The molecule has 0 aliphatic carbocycles. The number of ether oxygens (including phenoxy) is 1. The van der Waals surface area contributed by atoms with Crippen LogP contribution in [0.4, 0.5) is 10.5 Å². The van der Waals surface area contributed by atoms with Gasteiger partial charge in [0.25, 0.3) is 11.1 Å². The summed E-state index contributed by atoms with van der Waals surface area (Å²) in [6.45, 7) is 1.39. The molecule has 150 valence electrons. The summed E-state index contributed by atoms with van der Waals surface area (Å²) in [5, 5.41) is 2.19. The third-order valence-electron chi connectivity index (χ3n) is 3.83. The van der Waals surface area contributed by atoms with Crippen molar-refractivity contribution >= 4 is 58.1 Å². The van der Waals surface area contributed by atoms with E-state index in [1.165, 1.54) is 18.2 Å². The lowest BCUT2D eigenvalue weighted by Crippen LogP contribution is -2.36. The number of benzene rings is 1. The minimum absolute atomic E-state index is 0.103. The van der Waals surface area contributed by atoms with Gasteiger partial charge in [0.15, 0.2) is 0 Å². The number of carbonyl (C=O) groups is 4. The number of amides is 3. The zero-order valence-electron chi connectivity index (χ0n) is 15.2. The highest BCUT2D eigenvalue weighted by Gasteiger charge is 2.36. The van der Waals surface area contributed by atoms with Gasteiger partial charge in [-0.15, -0.1) is 0 Å². The Morgan fingerprint density at radius 2 is 2.10 bits per heavy atom. The van der Waals surface area contributed by atoms with Crippen molar-refractivity contribution in [3.8, 4) is 0 Å². The SMILES string of the molecule is CCOC(=O)c1cc(NC(=O)CN2C(=O)S/C(=C/c3ccc[nH]3)C2=O)ccc1Cl. The Bertz CT molecular complexity index is 1000. The quantitative estimate of drug-likeness (QED) is 0.533. The van der Waals surface area contributed by atoms with Crippen molar-refractivity contribution in [3.63, 3.8) is 0 Å². The van der Waals surface area contributed by atoms with E-state index in [1.807, 2.05) is 0 Å². The minimum Gasteiger partial charge on any atom is -0.462 e. The lowest BCUT2D eigenvalue weighted by Gasteiger charge is -2.13. The second-order valence-electron chi connectivity index (χ2n) is 5.86. The molecule has 0 atom stereocenters. The number of nitrogens with zero attached hydrogens (tertiary/aromatic N) is 1. The van der Waals surface area contributed by atoms with Gasteiger partial charge in [0.2, 0.25) is 5.91 Å². The van der Waals surface area contributed by atoms with Crippen LogP contribution in [0.5, 0.6) is 0 Å². The van der Waals surface area contributed by atoms with Gasteiger partial charge in [-0.2, -0.15) is 0 Å². The van der Waals surface area contributed by atoms with Gasteiger partial charge in [-0.3, -0.25) is 19.3 Å². The average molecular weight is 434 g/mol. The third-order valence-corrected chi connectivity index (χ3v) is 5.07. The van der Waals surface area contributed by atoms with Crippen molar-refractivity contribution in [1.82, 2.24) is 9.88 Å². The number of halogens is 1. The number of esters is 1. The predicted molar refractivity (Wildman–Crippen MR) is 110 cm³/mol. The number of nitrogens with one attached hydrogen (secondary N) is 2. The first kappa shape index (κ1) is 20.7. The molecule has 0 unspecified atom stereocenters. The standard InChI is InChI=1S/C19H16ClN3O5S/c1-2-28-18(26)13-8-12(5-6-14(13)20)22-16(24)10-23-17(25)15(29-19(23)27)9-11-4-3-7-21-11/h3-9,21H,2,10H2,1H3,(H,22,24)/b15-9+. The van der Waals surface area contributed by atoms with E-state index < -0.39 is 29.6 Å². The number of aromatic amines is 1. The van der Waals surface area contributed by atoms with Crippen molar-refractivity contribution in [3.05, 3.63) is 57.7 Å². The Morgan fingerprint density at radius 1 is 1.31 bits per heavy atom. The number of imide groups is 1. The molecule has 3 amide bonds. The highest BCUT2D eigenvalue weighted by atomic mass is 35.5. The molecular weight excluding hydrogens is 418 g/mol. The van der Waals surface area contributed by atoms with Crippen LogP contribution in [0.25, 0.3) is 6.08 Å². The molecule has 0 bridgehead atoms. The number of hydrogen-bond acceptors (Lipinski definition) is 6. The van der Waals surface area contributed by atoms with Crippen LogP contribution in [0.3, 0.4) is 0 Å². The molecule has 2 heterocycles. The summed E-state index contributed by atoms with van der Waals surface area (Å²) in [6.07, 6.45) is 3.24. The summed E-state index contributed by atoms with van der Waals surface area (Å²) >= 11 is 6.75. The van der Waals surface area contributed by atoms with Crippen LogP contribution in [0.2, 0.25) is 5.02 Å². The van der Waals surface area contributed by atoms with E-state index in [9.17, 15) is 19.2 Å². The first-order valence-corrected chi connectivity index (χ1v) is 9.73. The van der Waals surface area contributed by atoms with Crippen LogP contribution >= 0.6 is 23.4 Å². The molecule has 0 saturated carbocycles. The molecule has 29 heavy (non-hydrogen) atoms. The van der Waals surface area contributed by atoms with E-state index in [-0.39, 0.29) is 27.8 Å². The number of hydrogen-bond donors (Lipinski definition) is 2. The summed E-state index contributed by atoms with van der Waals surface area (Å²) in [5.74, 6) is -1.76. The summed E-state index contributed by atoms with van der Waals surface area (Å²) in [4.78, 5) is 52.8. The second kappa shape index (κ2) is 8.97. The van der Waals surface area contributed by atoms with E-state index in [0.29, 0.717) is 5.69 Å². The van der Waals surface area contributed by atoms with Gasteiger partial charge in [0.05, 0.1) is 22.1 Å². The molecule has 1 fully saturated rings. The number of aromatic nitrogens is 1. The highest BCUT2D eigenvalue weighted by Crippen LogP contribution is 2.32. The molecule has 0 spiro atoms. The summed E-state index contributed by atoms with van der Waals surface area (Å²) in [7, 11) is 0. The third kappa shape index (κ3) is 4.87. The maximum atomic E-state index is 12.4. The second-order valence-corrected chi connectivity index (χ2v) is 7.26. The number of anilines is 1. The molecule has 10 heteroatoms. The van der Waals surface area contributed by atoms with Crippen molar-refractivity contribution in [1.29, 1.82) is 0 Å².